The number of benzene rings is 1. The van der Waals surface area contributed by atoms with E-state index in [0.717, 1.165) is 11.0 Å². The summed E-state index contributed by atoms with van der Waals surface area (Å²) < 4.78 is 2.03. The molecular weight excluding hydrogens is 240 g/mol. The second-order valence-electron chi connectivity index (χ2n) is 5.11. The monoisotopic (exact) mass is 260 g/mol. The van der Waals surface area contributed by atoms with E-state index in [1.807, 2.05) is 18.4 Å². The second-order valence-corrected chi connectivity index (χ2v) is 5.11. The molecule has 3 N–H and O–H groups in total. The number of rotatable bonds is 3. The summed E-state index contributed by atoms with van der Waals surface area (Å²) in [5.74, 6) is 4.81. The van der Waals surface area contributed by atoms with E-state index in [9.17, 15) is 4.79 Å². The van der Waals surface area contributed by atoms with E-state index >= 15 is 0 Å². The van der Waals surface area contributed by atoms with Crippen molar-refractivity contribution in [1.29, 1.82) is 0 Å². The number of carbonyl (C=O) groups excluding carboxylic acids is 1. The lowest BCUT2D eigenvalue weighted by Crippen LogP contribution is -2.37. The predicted molar refractivity (Wildman–Crippen MR) is 75.4 cm³/mol. The molecule has 0 aliphatic carbocycles. The van der Waals surface area contributed by atoms with Gasteiger partial charge in [0.25, 0.3) is 0 Å². The van der Waals surface area contributed by atoms with E-state index in [2.05, 4.69) is 36.4 Å². The summed E-state index contributed by atoms with van der Waals surface area (Å²) in [4.78, 5) is 16.0. The predicted octanol–water partition coefficient (Wildman–Crippen LogP) is 1.84. The van der Waals surface area contributed by atoms with Gasteiger partial charge in [-0.3, -0.25) is 10.2 Å². The number of hydrogen-bond acceptors (Lipinski definition) is 3. The number of fused-ring (bicyclic) bond motifs is 1. The third-order valence-electron chi connectivity index (χ3n) is 3.91. The van der Waals surface area contributed by atoms with E-state index in [1.54, 1.807) is 6.33 Å². The Labute approximate surface area is 112 Å². The highest BCUT2D eigenvalue weighted by Crippen LogP contribution is 2.25. The number of carbonyl (C=O) groups is 1. The molecule has 2 aromatic rings. The molecule has 0 spiro atoms. The summed E-state index contributed by atoms with van der Waals surface area (Å²) in [6.45, 7) is 8.00. The highest BCUT2D eigenvalue weighted by Gasteiger charge is 2.22. The molecule has 0 saturated heterocycles. The van der Waals surface area contributed by atoms with Gasteiger partial charge < -0.3 is 4.57 Å². The summed E-state index contributed by atoms with van der Waals surface area (Å²) in [6, 6.07) is 4.18. The molecule has 0 aliphatic rings. The van der Waals surface area contributed by atoms with Crippen molar-refractivity contribution in [3.8, 4) is 0 Å². The van der Waals surface area contributed by atoms with Crippen molar-refractivity contribution in [1.82, 2.24) is 15.0 Å². The molecule has 1 aromatic carbocycles. The van der Waals surface area contributed by atoms with E-state index in [1.165, 1.54) is 11.1 Å². The molecule has 0 aliphatic heterocycles. The Bertz CT molecular complexity index is 617. The van der Waals surface area contributed by atoms with E-state index in [-0.39, 0.29) is 17.9 Å². The Balaban J connectivity index is 2.45. The minimum absolute atomic E-state index is 0.00402. The zero-order valence-corrected chi connectivity index (χ0v) is 11.8. The Hall–Kier alpha value is -1.88. The minimum Gasteiger partial charge on any atom is -0.327 e. The zero-order chi connectivity index (χ0) is 14.2. The first-order valence-electron chi connectivity index (χ1n) is 6.40. The number of nitrogens with two attached hydrogens (primary N) is 1. The van der Waals surface area contributed by atoms with Crippen molar-refractivity contribution >= 4 is 16.9 Å². The van der Waals surface area contributed by atoms with Crippen LogP contribution in [0.2, 0.25) is 0 Å². The summed E-state index contributed by atoms with van der Waals surface area (Å²) in [5.41, 5.74) is 6.65. The molecule has 2 atom stereocenters. The molecule has 5 heteroatoms. The zero-order valence-electron chi connectivity index (χ0n) is 11.8. The molecule has 1 aromatic heterocycles. The number of hydrogen-bond donors (Lipinski definition) is 2. The fourth-order valence-corrected chi connectivity index (χ4v) is 2.20. The molecule has 19 heavy (non-hydrogen) atoms. The Morgan fingerprint density at radius 1 is 1.32 bits per heavy atom. The van der Waals surface area contributed by atoms with Crippen LogP contribution in [0.5, 0.6) is 0 Å². The number of hydrazine groups is 1. The van der Waals surface area contributed by atoms with Crippen LogP contribution in [0.3, 0.4) is 0 Å². The summed E-state index contributed by atoms with van der Waals surface area (Å²) in [5, 5.41) is 0. The van der Waals surface area contributed by atoms with Crippen molar-refractivity contribution in [2.24, 2.45) is 11.8 Å². The highest BCUT2D eigenvalue weighted by atomic mass is 16.2. The number of nitrogens with zero attached hydrogens (tertiary/aromatic N) is 2. The van der Waals surface area contributed by atoms with E-state index < -0.39 is 0 Å². The molecule has 2 unspecified atom stereocenters. The van der Waals surface area contributed by atoms with Crippen molar-refractivity contribution in [3.05, 3.63) is 29.6 Å². The lowest BCUT2D eigenvalue weighted by atomic mass is 10.0. The number of imidazole rings is 1. The van der Waals surface area contributed by atoms with Crippen LogP contribution in [-0.4, -0.2) is 15.5 Å². The van der Waals surface area contributed by atoms with E-state index in [0.29, 0.717) is 0 Å². The minimum atomic E-state index is -0.219. The Kier molecular flexibility index (Phi) is 3.57. The molecule has 5 nitrogen and oxygen atoms in total. The first-order chi connectivity index (χ1) is 8.95. The smallest absolute Gasteiger partial charge is 0.238 e. The molecule has 0 fully saturated rings. The van der Waals surface area contributed by atoms with Crippen molar-refractivity contribution in [3.63, 3.8) is 0 Å². The number of amides is 1. The molecule has 2 rings (SSSR count). The Morgan fingerprint density at radius 3 is 2.58 bits per heavy atom. The van der Waals surface area contributed by atoms with Gasteiger partial charge in [-0.15, -0.1) is 0 Å². The summed E-state index contributed by atoms with van der Waals surface area (Å²) >= 11 is 0. The van der Waals surface area contributed by atoms with Crippen LogP contribution < -0.4 is 11.3 Å². The molecule has 102 valence electrons. The van der Waals surface area contributed by atoms with Crippen LogP contribution in [0, 0.1) is 19.8 Å². The van der Waals surface area contributed by atoms with Gasteiger partial charge in [-0.05, 0) is 44.0 Å². The van der Waals surface area contributed by atoms with Crippen LogP contribution in [0.1, 0.15) is 31.0 Å². The highest BCUT2D eigenvalue weighted by molar-refractivity contribution is 5.80. The largest absolute Gasteiger partial charge is 0.327 e. The molecule has 0 saturated carbocycles. The standard InChI is InChI=1S/C14H20N4O/c1-8-5-12-13(6-9(8)2)18(7-16-12)11(4)10(3)14(19)17-15/h5-7,10-11H,15H2,1-4H3,(H,17,19). The quantitative estimate of drug-likeness (QED) is 0.502. The van der Waals surface area contributed by atoms with Crippen LogP contribution in [0.15, 0.2) is 18.5 Å². The number of aromatic nitrogens is 2. The normalized spacial score (nSPS) is 14.4. The molecule has 0 radical (unpaired) electrons. The van der Waals surface area contributed by atoms with Crippen LogP contribution in [-0.2, 0) is 4.79 Å². The number of aryl methyl sites for hydroxylation is 2. The van der Waals surface area contributed by atoms with Crippen molar-refractivity contribution in [2.75, 3.05) is 0 Å². The van der Waals surface area contributed by atoms with Crippen molar-refractivity contribution in [2.45, 2.75) is 33.7 Å². The van der Waals surface area contributed by atoms with Gasteiger partial charge >= 0.3 is 0 Å². The van der Waals surface area contributed by atoms with E-state index in [4.69, 9.17) is 5.84 Å². The average Bonchev–Trinajstić information content (AvgIpc) is 2.79. The third kappa shape index (κ3) is 2.33. The van der Waals surface area contributed by atoms with Crippen LogP contribution in [0.25, 0.3) is 11.0 Å². The summed E-state index contributed by atoms with van der Waals surface area (Å²) in [7, 11) is 0. The molecule has 1 amide bonds. The topological polar surface area (TPSA) is 72.9 Å². The van der Waals surface area contributed by atoms with Gasteiger partial charge in [-0.1, -0.05) is 6.92 Å². The van der Waals surface area contributed by atoms with Gasteiger partial charge in [0.15, 0.2) is 0 Å². The first-order valence-corrected chi connectivity index (χ1v) is 6.40. The SMILES string of the molecule is Cc1cc2ncn(C(C)C(C)C(=O)NN)c2cc1C. The fraction of sp³-hybridized carbons (Fsp3) is 0.429. The molecule has 0 bridgehead atoms. The van der Waals surface area contributed by atoms with Gasteiger partial charge in [0.2, 0.25) is 5.91 Å². The Morgan fingerprint density at radius 2 is 1.95 bits per heavy atom. The molecular formula is C14H20N4O. The maximum atomic E-state index is 11.6. The van der Waals surface area contributed by atoms with Gasteiger partial charge in [-0.2, -0.15) is 0 Å². The van der Waals surface area contributed by atoms with Gasteiger partial charge in [0.05, 0.1) is 23.3 Å². The third-order valence-corrected chi connectivity index (χ3v) is 3.91. The second kappa shape index (κ2) is 5.01. The van der Waals surface area contributed by atoms with Crippen LogP contribution >= 0.6 is 0 Å². The van der Waals surface area contributed by atoms with Gasteiger partial charge in [0, 0.05) is 6.04 Å². The van der Waals surface area contributed by atoms with Crippen molar-refractivity contribution < 1.29 is 4.79 Å². The summed E-state index contributed by atoms with van der Waals surface area (Å²) in [6.07, 6.45) is 1.79. The molecule has 1 heterocycles. The average molecular weight is 260 g/mol. The van der Waals surface area contributed by atoms with Gasteiger partial charge in [-0.25, -0.2) is 10.8 Å². The lowest BCUT2D eigenvalue weighted by molar-refractivity contribution is -0.125. The number of nitrogens with one attached hydrogen (secondary N) is 1. The lowest BCUT2D eigenvalue weighted by Gasteiger charge is -2.20. The van der Waals surface area contributed by atoms with Gasteiger partial charge in [0.1, 0.15) is 0 Å². The maximum absolute atomic E-state index is 11.6. The first kappa shape index (κ1) is 13.5. The van der Waals surface area contributed by atoms with Crippen LogP contribution in [0.4, 0.5) is 0 Å². The fourth-order valence-electron chi connectivity index (χ4n) is 2.20. The maximum Gasteiger partial charge on any atom is 0.238 e.